The van der Waals surface area contributed by atoms with E-state index in [1.807, 2.05) is 53.4 Å². The number of nitrogen functional groups attached to an aromatic ring is 1. The number of aromatic nitrogens is 3. The average molecular weight is 449 g/mol. The fraction of sp³-hybridized carbons (Fsp3) is 0.333. The van der Waals surface area contributed by atoms with E-state index in [1.54, 1.807) is 6.20 Å². The summed E-state index contributed by atoms with van der Waals surface area (Å²) in [5, 5.41) is 0. The van der Waals surface area contributed by atoms with Gasteiger partial charge in [-0.25, -0.2) is 4.79 Å². The van der Waals surface area contributed by atoms with Crippen LogP contribution in [0.1, 0.15) is 21.6 Å². The zero-order chi connectivity index (χ0) is 23.4. The summed E-state index contributed by atoms with van der Waals surface area (Å²) in [6.07, 6.45) is 1.78. The number of rotatable bonds is 7. The number of nitrogens with two attached hydrogens (primary N) is 1. The smallest absolute Gasteiger partial charge is 0.332 e. The second-order valence-corrected chi connectivity index (χ2v) is 8.28. The third-order valence-corrected chi connectivity index (χ3v) is 5.99. The molecule has 172 valence electrons. The molecule has 9 heteroatoms. The van der Waals surface area contributed by atoms with Gasteiger partial charge in [-0.2, -0.15) is 0 Å². The zero-order valence-corrected chi connectivity index (χ0v) is 18.7. The monoisotopic (exact) mass is 448 g/mol. The van der Waals surface area contributed by atoms with Crippen molar-refractivity contribution >= 4 is 11.6 Å². The van der Waals surface area contributed by atoms with E-state index >= 15 is 0 Å². The molecule has 0 unspecified atom stereocenters. The molecular weight excluding hydrogens is 420 g/mol. The maximum Gasteiger partial charge on any atom is 0.332 e. The number of hydrogen-bond donors (Lipinski definition) is 1. The number of hydrogen-bond acceptors (Lipinski definition) is 7. The van der Waals surface area contributed by atoms with Crippen LogP contribution < -0.4 is 17.0 Å². The van der Waals surface area contributed by atoms with Crippen LogP contribution in [0.2, 0.25) is 0 Å². The summed E-state index contributed by atoms with van der Waals surface area (Å²) in [5.41, 5.74) is 6.76. The van der Waals surface area contributed by atoms with Crippen molar-refractivity contribution in [2.24, 2.45) is 7.05 Å². The Labute approximate surface area is 191 Å². The normalized spacial score (nSPS) is 14.9. The fourth-order valence-corrected chi connectivity index (χ4v) is 4.07. The molecule has 1 aliphatic rings. The Bertz CT molecular complexity index is 1230. The molecule has 3 heterocycles. The number of pyridine rings is 1. The predicted molar refractivity (Wildman–Crippen MR) is 126 cm³/mol. The van der Waals surface area contributed by atoms with Crippen molar-refractivity contribution < 1.29 is 4.79 Å². The van der Waals surface area contributed by atoms with Crippen LogP contribution in [0.4, 0.5) is 5.82 Å². The first kappa shape index (κ1) is 22.6. The van der Waals surface area contributed by atoms with Gasteiger partial charge in [-0.05, 0) is 17.7 Å². The van der Waals surface area contributed by atoms with E-state index < -0.39 is 11.2 Å². The molecule has 0 bridgehead atoms. The molecule has 2 N–H and O–H groups in total. The summed E-state index contributed by atoms with van der Waals surface area (Å²) in [5.74, 6) is -0.446. The molecule has 0 amide bonds. The lowest BCUT2D eigenvalue weighted by Gasteiger charge is -2.34. The predicted octanol–water partition coefficient (Wildman–Crippen LogP) is 0.573. The Morgan fingerprint density at radius 1 is 0.939 bits per heavy atom. The fourth-order valence-electron chi connectivity index (χ4n) is 4.07. The van der Waals surface area contributed by atoms with Crippen LogP contribution in [-0.4, -0.2) is 62.4 Å². The Balaban J connectivity index is 1.47. The third kappa shape index (κ3) is 5.10. The van der Waals surface area contributed by atoms with Gasteiger partial charge in [-0.15, -0.1) is 0 Å². The van der Waals surface area contributed by atoms with Crippen LogP contribution in [0.25, 0.3) is 0 Å². The number of carbonyl (C=O) groups excluding carboxylic acids is 1. The highest BCUT2D eigenvalue weighted by Crippen LogP contribution is 2.12. The molecule has 4 rings (SSSR count). The molecule has 0 spiro atoms. The summed E-state index contributed by atoms with van der Waals surface area (Å²) in [6, 6.07) is 15.2. The Morgan fingerprint density at radius 2 is 1.61 bits per heavy atom. The maximum absolute atomic E-state index is 13.1. The molecule has 1 fully saturated rings. The van der Waals surface area contributed by atoms with Crippen LogP contribution >= 0.6 is 0 Å². The van der Waals surface area contributed by atoms with Crippen molar-refractivity contribution in [3.8, 4) is 0 Å². The topological polar surface area (TPSA) is 106 Å². The number of benzene rings is 1. The van der Waals surface area contributed by atoms with Crippen LogP contribution in [0.5, 0.6) is 0 Å². The van der Waals surface area contributed by atoms with Gasteiger partial charge in [-0.3, -0.25) is 33.5 Å². The summed E-state index contributed by atoms with van der Waals surface area (Å²) < 4.78 is 2.24. The first-order valence-corrected chi connectivity index (χ1v) is 10.9. The van der Waals surface area contributed by atoms with Crippen LogP contribution in [0, 0.1) is 0 Å². The van der Waals surface area contributed by atoms with Crippen molar-refractivity contribution in [1.29, 1.82) is 0 Å². The summed E-state index contributed by atoms with van der Waals surface area (Å²) in [6.45, 7) is 4.02. The summed E-state index contributed by atoms with van der Waals surface area (Å²) in [4.78, 5) is 47.2. The number of ketones is 1. The molecule has 1 aliphatic heterocycles. The van der Waals surface area contributed by atoms with Crippen molar-refractivity contribution in [3.63, 3.8) is 0 Å². The first-order chi connectivity index (χ1) is 15.9. The molecule has 0 atom stereocenters. The van der Waals surface area contributed by atoms with Gasteiger partial charge in [0.25, 0.3) is 5.56 Å². The van der Waals surface area contributed by atoms with E-state index in [2.05, 4.69) is 9.88 Å². The Hall–Kier alpha value is -3.56. The molecule has 9 nitrogen and oxygen atoms in total. The molecule has 33 heavy (non-hydrogen) atoms. The lowest BCUT2D eigenvalue weighted by molar-refractivity contribution is 0.0840. The van der Waals surface area contributed by atoms with Crippen molar-refractivity contribution in [3.05, 3.63) is 92.4 Å². The van der Waals surface area contributed by atoms with Gasteiger partial charge in [0.1, 0.15) is 11.4 Å². The van der Waals surface area contributed by atoms with E-state index in [0.717, 1.165) is 35.5 Å². The average Bonchev–Trinajstić information content (AvgIpc) is 2.83. The molecule has 3 aromatic rings. The van der Waals surface area contributed by atoms with Crippen LogP contribution in [0.15, 0.2) is 64.3 Å². The van der Waals surface area contributed by atoms with Crippen LogP contribution in [0.3, 0.4) is 0 Å². The maximum atomic E-state index is 13.1. The lowest BCUT2D eigenvalue weighted by Crippen LogP contribution is -2.49. The number of anilines is 1. The molecule has 1 saturated heterocycles. The quantitative estimate of drug-likeness (QED) is 0.527. The van der Waals surface area contributed by atoms with Gasteiger partial charge >= 0.3 is 5.69 Å². The van der Waals surface area contributed by atoms with Gasteiger partial charge in [-0.1, -0.05) is 36.4 Å². The minimum absolute atomic E-state index is 0.0780. The molecular formula is C24H28N6O3. The Kier molecular flexibility index (Phi) is 6.81. The van der Waals surface area contributed by atoms with E-state index in [1.165, 1.54) is 11.6 Å². The van der Waals surface area contributed by atoms with Gasteiger partial charge < -0.3 is 5.73 Å². The van der Waals surface area contributed by atoms with Gasteiger partial charge in [0, 0.05) is 46.0 Å². The second-order valence-electron chi connectivity index (χ2n) is 8.28. The van der Waals surface area contributed by atoms with E-state index in [4.69, 9.17) is 5.73 Å². The van der Waals surface area contributed by atoms with Crippen molar-refractivity contribution in [2.45, 2.75) is 13.1 Å². The highest BCUT2D eigenvalue weighted by molar-refractivity contribution is 6.01. The largest absolute Gasteiger partial charge is 0.384 e. The van der Waals surface area contributed by atoms with Crippen molar-refractivity contribution in [1.82, 2.24) is 23.9 Å². The molecule has 2 aromatic heterocycles. The van der Waals surface area contributed by atoms with E-state index in [9.17, 15) is 14.4 Å². The number of nitrogens with zero attached hydrogens (tertiary/aromatic N) is 5. The number of carbonyl (C=O) groups is 1. The standard InChI is InChI=1S/C24H28N6O3/c1-27-23(32)21(22(25)30(24(27)33)15-18-7-3-2-4-8-18)20(31)17-29-13-11-28(12-14-29)16-19-9-5-6-10-26-19/h2-10H,11-17,25H2,1H3. The summed E-state index contributed by atoms with van der Waals surface area (Å²) >= 11 is 0. The number of piperazine rings is 1. The summed E-state index contributed by atoms with van der Waals surface area (Å²) in [7, 11) is 1.37. The molecule has 0 aliphatic carbocycles. The van der Waals surface area contributed by atoms with Gasteiger partial charge in [0.2, 0.25) is 0 Å². The lowest BCUT2D eigenvalue weighted by atomic mass is 10.1. The SMILES string of the molecule is Cn1c(=O)c(C(=O)CN2CCN(Cc3ccccn3)CC2)c(N)n(Cc2ccccc2)c1=O. The van der Waals surface area contributed by atoms with Crippen molar-refractivity contribution in [2.75, 3.05) is 38.5 Å². The number of Topliss-reactive ketones (excluding diaryl/α,β-unsaturated/α-hetero) is 1. The van der Waals surface area contributed by atoms with Gasteiger partial charge in [0.05, 0.1) is 18.8 Å². The first-order valence-electron chi connectivity index (χ1n) is 10.9. The highest BCUT2D eigenvalue weighted by Gasteiger charge is 2.25. The molecule has 0 radical (unpaired) electrons. The van der Waals surface area contributed by atoms with E-state index in [-0.39, 0.29) is 30.3 Å². The molecule has 0 saturated carbocycles. The minimum Gasteiger partial charge on any atom is -0.384 e. The van der Waals surface area contributed by atoms with E-state index in [0.29, 0.717) is 13.1 Å². The highest BCUT2D eigenvalue weighted by atomic mass is 16.2. The Morgan fingerprint density at radius 3 is 2.27 bits per heavy atom. The van der Waals surface area contributed by atoms with Crippen LogP contribution in [-0.2, 0) is 20.1 Å². The zero-order valence-electron chi connectivity index (χ0n) is 18.7. The minimum atomic E-state index is -0.652. The molecule has 1 aromatic carbocycles. The third-order valence-electron chi connectivity index (χ3n) is 5.99. The van der Waals surface area contributed by atoms with Gasteiger partial charge in [0.15, 0.2) is 5.78 Å². The second kappa shape index (κ2) is 9.93.